The molecule has 0 saturated heterocycles. The van der Waals surface area contributed by atoms with Gasteiger partial charge in [0.25, 0.3) is 0 Å². The maximum Gasteiger partial charge on any atom is 0.410 e. The average Bonchev–Trinajstić information content (AvgIpc) is 2.97. The molecular weight excluding hydrogens is 332 g/mol. The van der Waals surface area contributed by atoms with E-state index in [1.165, 1.54) is 0 Å². The van der Waals surface area contributed by atoms with Gasteiger partial charge in [0.15, 0.2) is 0 Å². The normalized spacial score (nSPS) is 14.2. The first-order chi connectivity index (χ1) is 12.4. The monoisotopic (exact) mass is 358 g/mol. The van der Waals surface area contributed by atoms with Crippen molar-refractivity contribution in [3.63, 3.8) is 0 Å². The van der Waals surface area contributed by atoms with Gasteiger partial charge >= 0.3 is 6.09 Å². The van der Waals surface area contributed by atoms with Crippen molar-refractivity contribution in [2.45, 2.75) is 52.5 Å². The number of carbonyl (C=O) groups is 1. The Labute approximate surface area is 154 Å². The summed E-state index contributed by atoms with van der Waals surface area (Å²) >= 11 is 0. The highest BCUT2D eigenvalue weighted by molar-refractivity contribution is 5.68. The molecule has 0 unspecified atom stereocenters. The fourth-order valence-electron chi connectivity index (χ4n) is 3.05. The molecule has 1 aliphatic rings. The summed E-state index contributed by atoms with van der Waals surface area (Å²) in [4.78, 5) is 22.9. The molecule has 0 atom stereocenters. The molecule has 1 aliphatic heterocycles. The van der Waals surface area contributed by atoms with Crippen LogP contribution >= 0.6 is 0 Å². The predicted molar refractivity (Wildman–Crippen MR) is 96.6 cm³/mol. The van der Waals surface area contributed by atoms with Gasteiger partial charge < -0.3 is 18.9 Å². The topological polar surface area (TPSA) is 69.5 Å². The van der Waals surface area contributed by atoms with E-state index in [9.17, 15) is 4.79 Å². The molecule has 140 valence electrons. The summed E-state index contributed by atoms with van der Waals surface area (Å²) in [5.41, 5.74) is 3.65. The summed E-state index contributed by atoms with van der Waals surface area (Å²) < 4.78 is 12.8. The van der Waals surface area contributed by atoms with Gasteiger partial charge in [-0.2, -0.15) is 0 Å². The number of hydrogen-bond acceptors (Lipinski definition) is 5. The molecule has 0 N–H and O–H groups in total. The molecule has 0 bridgehead atoms. The van der Waals surface area contributed by atoms with Crippen LogP contribution in [0, 0.1) is 0 Å². The highest BCUT2D eigenvalue weighted by Gasteiger charge is 2.28. The lowest BCUT2D eigenvalue weighted by Gasteiger charge is -2.30. The number of fused-ring (bicyclic) bond motifs is 1. The van der Waals surface area contributed by atoms with Crippen LogP contribution in [-0.2, 0) is 35.6 Å². The highest BCUT2D eigenvalue weighted by Crippen LogP contribution is 2.21. The smallest absolute Gasteiger partial charge is 0.410 e. The zero-order valence-corrected chi connectivity index (χ0v) is 15.9. The maximum atomic E-state index is 12.3. The SMILES string of the molecule is COCc1ncccc1Cn1cnc2c1CCN(C(=O)OC(C)(C)C)C2. The Hall–Kier alpha value is -2.41. The minimum atomic E-state index is -0.491. The first kappa shape index (κ1) is 18.4. The van der Waals surface area contributed by atoms with Gasteiger partial charge in [0.2, 0.25) is 0 Å². The number of ether oxygens (including phenoxy) is 2. The molecule has 2 aromatic rings. The van der Waals surface area contributed by atoms with Crippen molar-refractivity contribution in [3.8, 4) is 0 Å². The molecule has 1 amide bonds. The van der Waals surface area contributed by atoms with Crippen LogP contribution in [0.1, 0.15) is 43.4 Å². The van der Waals surface area contributed by atoms with Crippen LogP contribution in [0.4, 0.5) is 4.79 Å². The van der Waals surface area contributed by atoms with Crippen LogP contribution in [0.25, 0.3) is 0 Å². The number of aromatic nitrogens is 3. The summed E-state index contributed by atoms with van der Waals surface area (Å²) in [7, 11) is 1.67. The molecule has 0 aromatic carbocycles. The lowest BCUT2D eigenvalue weighted by atomic mass is 10.1. The van der Waals surface area contributed by atoms with Gasteiger partial charge in [0.05, 0.1) is 37.4 Å². The fourth-order valence-corrected chi connectivity index (χ4v) is 3.05. The molecule has 0 spiro atoms. The number of nitrogens with zero attached hydrogens (tertiary/aromatic N) is 4. The fraction of sp³-hybridized carbons (Fsp3) is 0.526. The van der Waals surface area contributed by atoms with Crippen molar-refractivity contribution in [1.82, 2.24) is 19.4 Å². The first-order valence-corrected chi connectivity index (χ1v) is 8.80. The van der Waals surface area contributed by atoms with Crippen molar-refractivity contribution in [3.05, 3.63) is 47.3 Å². The third kappa shape index (κ3) is 4.22. The van der Waals surface area contributed by atoms with Crippen LogP contribution < -0.4 is 0 Å². The van der Waals surface area contributed by atoms with E-state index in [0.29, 0.717) is 26.2 Å². The molecule has 3 heterocycles. The van der Waals surface area contributed by atoms with Crippen molar-refractivity contribution in [2.24, 2.45) is 0 Å². The summed E-state index contributed by atoms with van der Waals surface area (Å²) in [5.74, 6) is 0. The van der Waals surface area contributed by atoms with E-state index in [4.69, 9.17) is 9.47 Å². The molecular formula is C19H26N4O3. The molecule has 0 aliphatic carbocycles. The Morgan fingerprint density at radius 3 is 2.85 bits per heavy atom. The molecule has 7 nitrogen and oxygen atoms in total. The Bertz CT molecular complexity index is 779. The quantitative estimate of drug-likeness (QED) is 0.840. The molecule has 2 aromatic heterocycles. The van der Waals surface area contributed by atoms with E-state index in [-0.39, 0.29) is 6.09 Å². The minimum Gasteiger partial charge on any atom is -0.444 e. The lowest BCUT2D eigenvalue weighted by Crippen LogP contribution is -2.40. The third-order valence-corrected chi connectivity index (χ3v) is 4.25. The Kier molecular flexibility index (Phi) is 5.27. The van der Waals surface area contributed by atoms with Gasteiger partial charge in [-0.25, -0.2) is 9.78 Å². The second-order valence-corrected chi connectivity index (χ2v) is 7.46. The standard InChI is InChI=1S/C19H26N4O3/c1-19(2,3)26-18(24)22-9-7-17-15(11-22)21-13-23(17)10-14-6-5-8-20-16(14)12-25-4/h5-6,8,13H,7,9-12H2,1-4H3. The summed E-state index contributed by atoms with van der Waals surface area (Å²) in [6.45, 7) is 7.92. The van der Waals surface area contributed by atoms with Crippen molar-refractivity contribution >= 4 is 6.09 Å². The van der Waals surface area contributed by atoms with E-state index in [0.717, 1.165) is 29.1 Å². The third-order valence-electron chi connectivity index (χ3n) is 4.25. The van der Waals surface area contributed by atoms with E-state index < -0.39 is 5.60 Å². The number of amides is 1. The molecule has 0 saturated carbocycles. The summed E-state index contributed by atoms with van der Waals surface area (Å²) in [6, 6.07) is 3.99. The number of imidazole rings is 1. The summed E-state index contributed by atoms with van der Waals surface area (Å²) in [5, 5.41) is 0. The van der Waals surface area contributed by atoms with E-state index in [1.54, 1.807) is 18.2 Å². The molecule has 26 heavy (non-hydrogen) atoms. The predicted octanol–water partition coefficient (Wildman–Crippen LogP) is 2.77. The number of hydrogen-bond donors (Lipinski definition) is 0. The van der Waals surface area contributed by atoms with Crippen LogP contribution in [0.5, 0.6) is 0 Å². The van der Waals surface area contributed by atoms with E-state index in [2.05, 4.69) is 20.6 Å². The second kappa shape index (κ2) is 7.45. The van der Waals surface area contributed by atoms with Crippen LogP contribution in [0.15, 0.2) is 24.7 Å². The van der Waals surface area contributed by atoms with Gasteiger partial charge in [-0.15, -0.1) is 0 Å². The van der Waals surface area contributed by atoms with Crippen molar-refractivity contribution in [2.75, 3.05) is 13.7 Å². The van der Waals surface area contributed by atoms with Gasteiger partial charge in [-0.1, -0.05) is 6.07 Å². The Balaban J connectivity index is 1.73. The van der Waals surface area contributed by atoms with Gasteiger partial charge in [-0.05, 0) is 32.4 Å². The van der Waals surface area contributed by atoms with Gasteiger partial charge in [-0.3, -0.25) is 4.98 Å². The van der Waals surface area contributed by atoms with E-state index >= 15 is 0 Å². The highest BCUT2D eigenvalue weighted by atomic mass is 16.6. The largest absolute Gasteiger partial charge is 0.444 e. The van der Waals surface area contributed by atoms with Gasteiger partial charge in [0.1, 0.15) is 5.60 Å². The Morgan fingerprint density at radius 2 is 2.12 bits per heavy atom. The maximum absolute atomic E-state index is 12.3. The molecule has 3 rings (SSSR count). The number of carbonyl (C=O) groups excluding carboxylic acids is 1. The zero-order chi connectivity index (χ0) is 18.7. The number of methoxy groups -OCH3 is 1. The number of pyridine rings is 1. The van der Waals surface area contributed by atoms with Crippen LogP contribution in [-0.4, -0.2) is 44.8 Å². The van der Waals surface area contributed by atoms with Crippen LogP contribution in [0.3, 0.4) is 0 Å². The number of rotatable bonds is 4. The first-order valence-electron chi connectivity index (χ1n) is 8.80. The zero-order valence-electron chi connectivity index (χ0n) is 15.9. The van der Waals surface area contributed by atoms with Crippen LogP contribution in [0.2, 0.25) is 0 Å². The summed E-state index contributed by atoms with van der Waals surface area (Å²) in [6.07, 6.45) is 4.09. The van der Waals surface area contributed by atoms with Crippen molar-refractivity contribution < 1.29 is 14.3 Å². The minimum absolute atomic E-state index is 0.285. The Morgan fingerprint density at radius 1 is 1.31 bits per heavy atom. The molecule has 0 fully saturated rings. The molecule has 7 heteroatoms. The lowest BCUT2D eigenvalue weighted by molar-refractivity contribution is 0.0220. The van der Waals surface area contributed by atoms with Crippen molar-refractivity contribution in [1.29, 1.82) is 0 Å². The van der Waals surface area contributed by atoms with E-state index in [1.807, 2.05) is 33.2 Å². The molecule has 0 radical (unpaired) electrons. The second-order valence-electron chi connectivity index (χ2n) is 7.46. The van der Waals surface area contributed by atoms with Gasteiger partial charge in [0, 0.05) is 32.0 Å². The average molecular weight is 358 g/mol.